The Morgan fingerprint density at radius 2 is 1.88 bits per heavy atom. The minimum atomic E-state index is 0.184. The van der Waals surface area contributed by atoms with E-state index >= 15 is 0 Å². The van der Waals surface area contributed by atoms with E-state index in [0.717, 1.165) is 39.1 Å². The summed E-state index contributed by atoms with van der Waals surface area (Å²) in [7, 11) is 0. The summed E-state index contributed by atoms with van der Waals surface area (Å²) in [4.78, 5) is 0. The lowest BCUT2D eigenvalue weighted by Gasteiger charge is -2.35. The molecule has 3 heteroatoms. The van der Waals surface area contributed by atoms with E-state index in [9.17, 15) is 0 Å². The van der Waals surface area contributed by atoms with Gasteiger partial charge in [-0.05, 0) is 23.7 Å². The highest BCUT2D eigenvalue weighted by Crippen LogP contribution is 2.28. The van der Waals surface area contributed by atoms with Gasteiger partial charge < -0.3 is 15.8 Å². The maximum absolute atomic E-state index is 6.12. The molecule has 16 heavy (non-hydrogen) atoms. The van der Waals surface area contributed by atoms with Gasteiger partial charge in [-0.15, -0.1) is 0 Å². The molecule has 1 saturated heterocycles. The van der Waals surface area contributed by atoms with Gasteiger partial charge in [-0.25, -0.2) is 0 Å². The van der Waals surface area contributed by atoms with Gasteiger partial charge in [0.25, 0.3) is 0 Å². The summed E-state index contributed by atoms with van der Waals surface area (Å²) >= 11 is 0. The van der Waals surface area contributed by atoms with Gasteiger partial charge in [-0.3, -0.25) is 0 Å². The molecule has 0 aromatic rings. The lowest BCUT2D eigenvalue weighted by molar-refractivity contribution is 0.0237. The highest BCUT2D eigenvalue weighted by molar-refractivity contribution is 4.83. The third kappa shape index (κ3) is 4.40. The maximum atomic E-state index is 6.12. The van der Waals surface area contributed by atoms with E-state index in [1.54, 1.807) is 0 Å². The molecule has 0 aromatic heterocycles. The first-order valence-corrected chi connectivity index (χ1v) is 6.38. The fourth-order valence-corrected chi connectivity index (χ4v) is 1.88. The Hall–Kier alpha value is -0.120. The van der Waals surface area contributed by atoms with Crippen LogP contribution in [0.5, 0.6) is 0 Å². The Bertz CT molecular complexity index is 204. The van der Waals surface area contributed by atoms with Crippen LogP contribution >= 0.6 is 0 Å². The number of ether oxygens (including phenoxy) is 1. The summed E-state index contributed by atoms with van der Waals surface area (Å²) in [6.45, 7) is 12.7. The minimum absolute atomic E-state index is 0.184. The van der Waals surface area contributed by atoms with Gasteiger partial charge >= 0.3 is 0 Å². The molecule has 1 unspecified atom stereocenters. The zero-order valence-corrected chi connectivity index (χ0v) is 11.3. The van der Waals surface area contributed by atoms with Crippen molar-refractivity contribution in [2.75, 3.05) is 26.3 Å². The Balaban J connectivity index is 2.24. The van der Waals surface area contributed by atoms with Crippen LogP contribution in [0.15, 0.2) is 0 Å². The normalized spacial score (nSPS) is 23.1. The molecule has 1 fully saturated rings. The van der Waals surface area contributed by atoms with E-state index in [2.05, 4.69) is 33.0 Å². The third-order valence-electron chi connectivity index (χ3n) is 3.73. The van der Waals surface area contributed by atoms with E-state index < -0.39 is 0 Å². The highest BCUT2D eigenvalue weighted by Gasteiger charge is 2.27. The molecule has 1 aliphatic rings. The first kappa shape index (κ1) is 13.9. The number of nitrogens with one attached hydrogen (secondary N) is 1. The average Bonchev–Trinajstić information content (AvgIpc) is 2.17. The number of hydrogen-bond acceptors (Lipinski definition) is 3. The molecule has 1 atom stereocenters. The molecule has 0 amide bonds. The third-order valence-corrected chi connectivity index (χ3v) is 3.73. The first-order chi connectivity index (χ1) is 7.33. The summed E-state index contributed by atoms with van der Waals surface area (Å²) in [6.07, 6.45) is 2.31. The molecule has 1 aliphatic heterocycles. The second-order valence-corrected chi connectivity index (χ2v) is 6.53. The summed E-state index contributed by atoms with van der Waals surface area (Å²) in [6, 6.07) is 0.218. The van der Waals surface area contributed by atoms with Crippen LogP contribution in [0.25, 0.3) is 0 Å². The van der Waals surface area contributed by atoms with E-state index in [1.165, 1.54) is 0 Å². The van der Waals surface area contributed by atoms with Gasteiger partial charge in [0.1, 0.15) is 0 Å². The number of rotatable bonds is 4. The molecule has 1 rings (SSSR count). The van der Waals surface area contributed by atoms with Crippen LogP contribution in [-0.4, -0.2) is 32.3 Å². The van der Waals surface area contributed by atoms with Gasteiger partial charge in [-0.2, -0.15) is 0 Å². The molecule has 0 aliphatic carbocycles. The lowest BCUT2D eigenvalue weighted by atomic mass is 9.82. The quantitative estimate of drug-likeness (QED) is 0.771. The molecule has 0 radical (unpaired) electrons. The predicted octanol–water partition coefficient (Wildman–Crippen LogP) is 1.77. The molecule has 0 aromatic carbocycles. The molecule has 1 heterocycles. The summed E-state index contributed by atoms with van der Waals surface area (Å²) in [5.74, 6) is 0. The largest absolute Gasteiger partial charge is 0.381 e. The molecule has 3 N–H and O–H groups in total. The van der Waals surface area contributed by atoms with Gasteiger partial charge in [0.15, 0.2) is 0 Å². The Morgan fingerprint density at radius 3 is 2.38 bits per heavy atom. The fraction of sp³-hybridized carbons (Fsp3) is 1.00. The molecule has 0 bridgehead atoms. The van der Waals surface area contributed by atoms with Crippen LogP contribution < -0.4 is 11.1 Å². The van der Waals surface area contributed by atoms with E-state index in [-0.39, 0.29) is 11.5 Å². The molecule has 96 valence electrons. The standard InChI is InChI=1S/C13H28N2O/c1-12(2,3)11(14)9-15-10-13(4)5-7-16-8-6-13/h11,15H,5-10,14H2,1-4H3. The highest BCUT2D eigenvalue weighted by atomic mass is 16.5. The molecule has 0 spiro atoms. The average molecular weight is 228 g/mol. The summed E-state index contributed by atoms with van der Waals surface area (Å²) < 4.78 is 5.39. The predicted molar refractivity (Wildman–Crippen MR) is 68.5 cm³/mol. The Kier molecular flexibility index (Phi) is 4.77. The smallest absolute Gasteiger partial charge is 0.0471 e. The summed E-state index contributed by atoms with van der Waals surface area (Å²) in [5.41, 5.74) is 6.71. The van der Waals surface area contributed by atoms with Crippen LogP contribution in [0.2, 0.25) is 0 Å². The minimum Gasteiger partial charge on any atom is -0.381 e. The maximum Gasteiger partial charge on any atom is 0.0471 e. The van der Waals surface area contributed by atoms with E-state index in [0.29, 0.717) is 5.41 Å². The van der Waals surface area contributed by atoms with Crippen molar-refractivity contribution in [3.05, 3.63) is 0 Å². The molecular weight excluding hydrogens is 200 g/mol. The van der Waals surface area contributed by atoms with Crippen molar-refractivity contribution in [3.63, 3.8) is 0 Å². The SMILES string of the molecule is CC1(CNCC(N)C(C)(C)C)CCOCC1. The van der Waals surface area contributed by atoms with Gasteiger partial charge in [-0.1, -0.05) is 27.7 Å². The van der Waals surface area contributed by atoms with Crippen molar-refractivity contribution in [1.29, 1.82) is 0 Å². The number of nitrogens with two attached hydrogens (primary N) is 1. The van der Waals surface area contributed by atoms with Crippen LogP contribution in [0.1, 0.15) is 40.5 Å². The van der Waals surface area contributed by atoms with Crippen LogP contribution in [-0.2, 0) is 4.74 Å². The van der Waals surface area contributed by atoms with Crippen molar-refractivity contribution in [2.45, 2.75) is 46.6 Å². The zero-order valence-electron chi connectivity index (χ0n) is 11.3. The first-order valence-electron chi connectivity index (χ1n) is 6.38. The fourth-order valence-electron chi connectivity index (χ4n) is 1.88. The van der Waals surface area contributed by atoms with Crippen molar-refractivity contribution in [3.8, 4) is 0 Å². The Morgan fingerprint density at radius 1 is 1.31 bits per heavy atom. The zero-order chi connectivity index (χ0) is 12.2. The van der Waals surface area contributed by atoms with Gasteiger partial charge in [0.05, 0.1) is 0 Å². The molecule has 0 saturated carbocycles. The van der Waals surface area contributed by atoms with Gasteiger partial charge in [0.2, 0.25) is 0 Å². The van der Waals surface area contributed by atoms with Crippen LogP contribution in [0.3, 0.4) is 0 Å². The lowest BCUT2D eigenvalue weighted by Crippen LogP contribution is -2.46. The van der Waals surface area contributed by atoms with Crippen molar-refractivity contribution in [1.82, 2.24) is 5.32 Å². The van der Waals surface area contributed by atoms with Gasteiger partial charge in [0, 0.05) is 32.3 Å². The second kappa shape index (κ2) is 5.48. The second-order valence-electron chi connectivity index (χ2n) is 6.53. The van der Waals surface area contributed by atoms with Crippen LogP contribution in [0.4, 0.5) is 0 Å². The Labute approximate surface area is 100 Å². The molecule has 3 nitrogen and oxygen atoms in total. The van der Waals surface area contributed by atoms with Crippen molar-refractivity contribution in [2.24, 2.45) is 16.6 Å². The van der Waals surface area contributed by atoms with Crippen LogP contribution in [0, 0.1) is 10.8 Å². The monoisotopic (exact) mass is 228 g/mol. The van der Waals surface area contributed by atoms with Crippen molar-refractivity contribution >= 4 is 0 Å². The number of hydrogen-bond donors (Lipinski definition) is 2. The van der Waals surface area contributed by atoms with E-state index in [1.807, 2.05) is 0 Å². The summed E-state index contributed by atoms with van der Waals surface area (Å²) in [5, 5.41) is 3.52. The topological polar surface area (TPSA) is 47.3 Å². The molecular formula is C13H28N2O. The van der Waals surface area contributed by atoms with Crippen molar-refractivity contribution < 1.29 is 4.74 Å². The van der Waals surface area contributed by atoms with E-state index in [4.69, 9.17) is 10.5 Å².